The van der Waals surface area contributed by atoms with Crippen molar-refractivity contribution in [2.24, 2.45) is 5.92 Å². The topological polar surface area (TPSA) is 170 Å². The van der Waals surface area contributed by atoms with E-state index in [1.165, 1.54) is 60.7 Å². The maximum Gasteiger partial charge on any atom is 0.312 e. The van der Waals surface area contributed by atoms with E-state index >= 15 is 0 Å². The summed E-state index contributed by atoms with van der Waals surface area (Å²) >= 11 is 0. The molecule has 75 heavy (non-hydrogen) atoms. The number of hydrogen-bond donors (Lipinski definition) is 5. The van der Waals surface area contributed by atoms with E-state index < -0.39 is 59.6 Å². The van der Waals surface area contributed by atoms with E-state index in [1.807, 2.05) is 66.9 Å². The third-order valence-corrected chi connectivity index (χ3v) is 13.4. The first kappa shape index (κ1) is 53.4. The van der Waals surface area contributed by atoms with E-state index in [0.29, 0.717) is 57.0 Å². The number of aromatic nitrogens is 1. The van der Waals surface area contributed by atoms with Crippen LogP contribution in [0.2, 0.25) is 0 Å². The van der Waals surface area contributed by atoms with Crippen molar-refractivity contribution in [1.29, 1.82) is 0 Å². The summed E-state index contributed by atoms with van der Waals surface area (Å²) in [6.07, 6.45) is -3.22. The third kappa shape index (κ3) is 13.1. The molecule has 3 amide bonds. The molecule has 8 rings (SSSR count). The number of ether oxygens (including phenoxy) is 1. The molecule has 0 bridgehead atoms. The minimum atomic E-state index is -1.23. The number of β-lactam (4-membered cyclic amide) rings is 1. The average Bonchev–Trinajstić information content (AvgIpc) is 3.75. The number of esters is 1. The number of hydrogen-bond acceptors (Lipinski definition) is 8. The summed E-state index contributed by atoms with van der Waals surface area (Å²) in [5.74, 6) is -3.52. The van der Waals surface area contributed by atoms with Gasteiger partial charge in [-0.3, -0.25) is 19.2 Å². The quantitative estimate of drug-likeness (QED) is 0.0254. The van der Waals surface area contributed by atoms with Crippen molar-refractivity contribution in [3.8, 4) is 28.1 Å². The number of carbonyl (C=O) groups excluding carboxylic acids is 4. The van der Waals surface area contributed by atoms with E-state index in [4.69, 9.17) is 4.74 Å². The SMILES string of the molecule is CC(C)c1c(C(=O)Nc2ccccc2)c(-c2ccccc2)c(-c2ccc(F)cc2)n1CCC(O)CC(O)CC(=O)NCCC(=O)Oc1ccc(C2C(CCC(O)c3ccc(F)cc3)C(=O)N2c2ccc(F)cc2)cc1. The molecule has 5 unspecified atom stereocenters. The molecule has 5 N–H and O–H groups in total. The molecule has 7 aromatic rings. The fraction of sp³-hybridized carbons (Fsp3) is 0.267. The van der Waals surface area contributed by atoms with E-state index in [9.17, 15) is 47.7 Å². The van der Waals surface area contributed by atoms with Crippen molar-refractivity contribution >= 4 is 35.1 Å². The Morgan fingerprint density at radius 3 is 1.92 bits per heavy atom. The smallest absolute Gasteiger partial charge is 0.312 e. The lowest BCUT2D eigenvalue weighted by Gasteiger charge is -2.48. The first-order chi connectivity index (χ1) is 36.1. The summed E-state index contributed by atoms with van der Waals surface area (Å²) in [6, 6.07) is 41.8. The van der Waals surface area contributed by atoms with Crippen LogP contribution >= 0.6 is 0 Å². The minimum Gasteiger partial charge on any atom is -0.426 e. The Bertz CT molecular complexity index is 3060. The van der Waals surface area contributed by atoms with Gasteiger partial charge in [0.25, 0.3) is 5.91 Å². The number of benzene rings is 6. The highest BCUT2D eigenvalue weighted by Gasteiger charge is 2.48. The second kappa shape index (κ2) is 24.5. The number of anilines is 2. The van der Waals surface area contributed by atoms with Gasteiger partial charge in [-0.05, 0) is 139 Å². The summed E-state index contributed by atoms with van der Waals surface area (Å²) in [6.45, 7) is 4.07. The van der Waals surface area contributed by atoms with E-state index in [2.05, 4.69) is 10.6 Å². The van der Waals surface area contributed by atoms with Crippen molar-refractivity contribution in [3.63, 3.8) is 0 Å². The van der Waals surface area contributed by atoms with Gasteiger partial charge in [0.15, 0.2) is 0 Å². The summed E-state index contributed by atoms with van der Waals surface area (Å²) < 4.78 is 49.2. The van der Waals surface area contributed by atoms with Crippen LogP contribution < -0.4 is 20.3 Å². The molecule has 0 aliphatic carbocycles. The van der Waals surface area contributed by atoms with Crippen LogP contribution in [-0.2, 0) is 20.9 Å². The molecule has 1 aromatic heterocycles. The van der Waals surface area contributed by atoms with Gasteiger partial charge >= 0.3 is 5.97 Å². The van der Waals surface area contributed by atoms with Gasteiger partial charge in [0.2, 0.25) is 11.8 Å². The predicted molar refractivity (Wildman–Crippen MR) is 280 cm³/mol. The highest BCUT2D eigenvalue weighted by atomic mass is 19.1. The Hall–Kier alpha value is -7.85. The summed E-state index contributed by atoms with van der Waals surface area (Å²) in [5.41, 5.74) is 6.22. The van der Waals surface area contributed by atoms with Crippen molar-refractivity contribution in [1.82, 2.24) is 9.88 Å². The third-order valence-electron chi connectivity index (χ3n) is 13.4. The zero-order valence-corrected chi connectivity index (χ0v) is 41.5. The van der Waals surface area contributed by atoms with E-state index in [-0.39, 0.29) is 68.7 Å². The van der Waals surface area contributed by atoms with Crippen LogP contribution in [0.4, 0.5) is 24.5 Å². The summed E-state index contributed by atoms with van der Waals surface area (Å²) in [4.78, 5) is 55.3. The monoisotopic (exact) mass is 1020 g/mol. The van der Waals surface area contributed by atoms with Gasteiger partial charge in [0.1, 0.15) is 23.2 Å². The second-order valence-electron chi connectivity index (χ2n) is 19.0. The molecular formula is C60H59F3N4O8. The fourth-order valence-electron chi connectivity index (χ4n) is 9.80. The van der Waals surface area contributed by atoms with Crippen LogP contribution in [0.15, 0.2) is 158 Å². The molecule has 0 spiro atoms. The summed E-state index contributed by atoms with van der Waals surface area (Å²) in [5, 5.41) is 38.7. The molecule has 0 saturated carbocycles. The van der Waals surface area contributed by atoms with Crippen molar-refractivity contribution < 1.29 is 52.4 Å². The fourth-order valence-corrected chi connectivity index (χ4v) is 9.80. The van der Waals surface area contributed by atoms with Crippen LogP contribution in [-0.4, -0.2) is 62.3 Å². The lowest BCUT2D eigenvalue weighted by Crippen LogP contribution is -2.55. The zero-order valence-electron chi connectivity index (χ0n) is 41.5. The van der Waals surface area contributed by atoms with Crippen LogP contribution in [0.1, 0.15) is 97.6 Å². The van der Waals surface area contributed by atoms with Gasteiger partial charge < -0.3 is 40.2 Å². The van der Waals surface area contributed by atoms with Gasteiger partial charge in [-0.15, -0.1) is 0 Å². The van der Waals surface area contributed by atoms with E-state index in [1.54, 1.807) is 53.4 Å². The van der Waals surface area contributed by atoms with Crippen LogP contribution in [0.3, 0.4) is 0 Å². The number of nitrogens with zero attached hydrogens (tertiary/aromatic N) is 2. The van der Waals surface area contributed by atoms with Gasteiger partial charge in [-0.2, -0.15) is 0 Å². The molecule has 1 fully saturated rings. The number of halogens is 3. The number of aliphatic hydroxyl groups is 3. The zero-order chi connectivity index (χ0) is 53.2. The molecule has 1 aliphatic heterocycles. The molecular weight excluding hydrogens is 962 g/mol. The van der Waals surface area contributed by atoms with Crippen LogP contribution in [0.5, 0.6) is 5.75 Å². The number of rotatable bonds is 22. The molecule has 12 nitrogen and oxygen atoms in total. The molecule has 5 atom stereocenters. The van der Waals surface area contributed by atoms with Gasteiger partial charge in [0.05, 0.1) is 54.4 Å². The average molecular weight is 1020 g/mol. The molecule has 15 heteroatoms. The first-order valence-corrected chi connectivity index (χ1v) is 25.0. The van der Waals surface area contributed by atoms with Gasteiger partial charge in [0, 0.05) is 35.7 Å². The standard InChI is InChI=1S/C60H59F3N4O8/c1-37(2)56-55(59(73)65-45-11-7-4-8-12-45)54(39-9-5-3-6-10-39)58(41-15-21-43(62)22-16-41)66(56)34-32-47(68)35-48(69)36-52(71)64-33-31-53(72)75-49-27-17-40(18-28-49)57-50(29-30-51(70)38-13-19-42(61)20-14-38)60(74)67(57)46-25-23-44(63)24-26-46/h3-28,37,47-48,50-51,57,68-70H,29-36H2,1-2H3,(H,64,71)(H,65,73). The van der Waals surface area contributed by atoms with Gasteiger partial charge in [-0.1, -0.05) is 86.6 Å². The minimum absolute atomic E-state index is 0.0883. The molecule has 388 valence electrons. The number of nitrogens with one attached hydrogen (secondary N) is 2. The van der Waals surface area contributed by atoms with Crippen molar-refractivity contribution in [2.75, 3.05) is 16.8 Å². The molecule has 2 heterocycles. The maximum atomic E-state index is 14.4. The van der Waals surface area contributed by atoms with Crippen molar-refractivity contribution in [3.05, 3.63) is 198 Å². The number of amides is 3. The first-order valence-electron chi connectivity index (χ1n) is 25.0. The lowest BCUT2D eigenvalue weighted by molar-refractivity contribution is -0.134. The Kier molecular flexibility index (Phi) is 17.4. The molecule has 0 radical (unpaired) electrons. The highest BCUT2D eigenvalue weighted by molar-refractivity contribution is 6.12. The number of para-hydroxylation sites is 1. The summed E-state index contributed by atoms with van der Waals surface area (Å²) in [7, 11) is 0. The van der Waals surface area contributed by atoms with E-state index in [0.717, 1.165) is 5.56 Å². The molecule has 1 aliphatic rings. The Morgan fingerprint density at radius 1 is 0.693 bits per heavy atom. The molecule has 1 saturated heterocycles. The van der Waals surface area contributed by atoms with Gasteiger partial charge in [-0.25, -0.2) is 13.2 Å². The Balaban J connectivity index is 0.862. The molecule has 6 aromatic carbocycles. The number of carbonyl (C=O) groups is 4. The normalized spacial score (nSPS) is 15.5. The van der Waals surface area contributed by atoms with Crippen LogP contribution in [0.25, 0.3) is 22.4 Å². The second-order valence-corrected chi connectivity index (χ2v) is 19.0. The lowest BCUT2D eigenvalue weighted by atomic mass is 9.78. The predicted octanol–water partition coefficient (Wildman–Crippen LogP) is 10.8. The number of aliphatic hydroxyl groups excluding tert-OH is 3. The largest absolute Gasteiger partial charge is 0.426 e. The maximum absolute atomic E-state index is 14.4. The highest BCUT2D eigenvalue weighted by Crippen LogP contribution is 2.47. The van der Waals surface area contributed by atoms with Crippen molar-refractivity contribution in [2.45, 2.75) is 89.2 Å². The van der Waals surface area contributed by atoms with Crippen LogP contribution in [0, 0.1) is 23.4 Å². The Morgan fingerprint density at radius 2 is 1.29 bits per heavy atom. The Labute approximate surface area is 433 Å².